The fourth-order valence-electron chi connectivity index (χ4n) is 3.10. The molecule has 160 valence electrons. The first-order chi connectivity index (χ1) is 14.7. The average Bonchev–Trinajstić information content (AvgIpc) is 3.20. The number of nitrogens with zero attached hydrogens (tertiary/aromatic N) is 4. The lowest BCUT2D eigenvalue weighted by Crippen LogP contribution is -2.45. The molecule has 11 heteroatoms. The third kappa shape index (κ3) is 4.41. The quantitative estimate of drug-likeness (QED) is 0.617. The monoisotopic (exact) mass is 447 g/mol. The van der Waals surface area contributed by atoms with E-state index in [0.29, 0.717) is 5.16 Å². The summed E-state index contributed by atoms with van der Waals surface area (Å²) >= 11 is 1.10. The van der Waals surface area contributed by atoms with Crippen molar-refractivity contribution in [2.75, 3.05) is 16.8 Å². The number of benzene rings is 2. The number of amides is 2. The zero-order valence-electron chi connectivity index (χ0n) is 16.1. The maximum Gasteiger partial charge on any atom is 0.416 e. The summed E-state index contributed by atoms with van der Waals surface area (Å²) in [7, 11) is 0. The van der Waals surface area contributed by atoms with Gasteiger partial charge in [0.1, 0.15) is 12.9 Å². The average molecular weight is 447 g/mol. The zero-order chi connectivity index (χ0) is 22.2. The highest BCUT2D eigenvalue weighted by atomic mass is 32.2. The second kappa shape index (κ2) is 8.06. The van der Waals surface area contributed by atoms with Crippen molar-refractivity contribution in [3.63, 3.8) is 0 Å². The van der Waals surface area contributed by atoms with Crippen LogP contribution in [0.1, 0.15) is 12.5 Å². The van der Waals surface area contributed by atoms with Crippen molar-refractivity contribution in [3.05, 3.63) is 60.4 Å². The molecule has 31 heavy (non-hydrogen) atoms. The molecule has 1 aliphatic rings. The molecule has 0 fully saturated rings. The van der Waals surface area contributed by atoms with Crippen molar-refractivity contribution in [2.24, 2.45) is 0 Å². The largest absolute Gasteiger partial charge is 0.416 e. The summed E-state index contributed by atoms with van der Waals surface area (Å²) in [4.78, 5) is 30.4. The molecular formula is C20H16F3N5O2S. The van der Waals surface area contributed by atoms with Crippen molar-refractivity contribution < 1.29 is 22.8 Å². The summed E-state index contributed by atoms with van der Waals surface area (Å²) in [5.41, 5.74) is 0.0674. The highest BCUT2D eigenvalue weighted by Crippen LogP contribution is 2.37. The lowest BCUT2D eigenvalue weighted by molar-refractivity contribution is -0.137. The number of halogens is 3. The van der Waals surface area contributed by atoms with Crippen LogP contribution in [0.5, 0.6) is 0 Å². The van der Waals surface area contributed by atoms with Gasteiger partial charge in [-0.15, -0.1) is 5.10 Å². The fourth-order valence-corrected chi connectivity index (χ4v) is 3.89. The van der Waals surface area contributed by atoms with Gasteiger partial charge in [0.2, 0.25) is 17.0 Å². The minimum Gasteiger partial charge on any atom is -0.323 e. The van der Waals surface area contributed by atoms with Crippen LogP contribution in [0.3, 0.4) is 0 Å². The van der Waals surface area contributed by atoms with Crippen LogP contribution in [-0.4, -0.2) is 38.4 Å². The Hall–Kier alpha value is -3.34. The molecule has 2 heterocycles. The number of carbonyl (C=O) groups excluding carboxylic acids is 2. The molecule has 0 radical (unpaired) electrons. The molecule has 3 aromatic rings. The van der Waals surface area contributed by atoms with E-state index < -0.39 is 28.8 Å². The highest BCUT2D eigenvalue weighted by Gasteiger charge is 2.35. The van der Waals surface area contributed by atoms with Crippen LogP contribution < -0.4 is 10.2 Å². The Morgan fingerprint density at radius 3 is 2.65 bits per heavy atom. The predicted octanol–water partition coefficient (Wildman–Crippen LogP) is 3.75. The summed E-state index contributed by atoms with van der Waals surface area (Å²) < 4.78 is 40.6. The molecule has 1 aliphatic heterocycles. The Labute approximate surface area is 179 Å². The first-order valence-electron chi connectivity index (χ1n) is 9.18. The van der Waals surface area contributed by atoms with Gasteiger partial charge in [0.25, 0.3) is 0 Å². The van der Waals surface area contributed by atoms with E-state index in [-0.39, 0.29) is 17.9 Å². The first-order valence-corrected chi connectivity index (χ1v) is 10.1. The lowest BCUT2D eigenvalue weighted by atomic mass is 10.1. The summed E-state index contributed by atoms with van der Waals surface area (Å²) in [5, 5.41) is 6.43. The van der Waals surface area contributed by atoms with Gasteiger partial charge >= 0.3 is 6.18 Å². The summed E-state index contributed by atoms with van der Waals surface area (Å²) in [6.07, 6.45) is -3.03. The molecule has 2 amide bonds. The van der Waals surface area contributed by atoms with Crippen LogP contribution in [-0.2, 0) is 15.8 Å². The van der Waals surface area contributed by atoms with E-state index >= 15 is 0 Å². The number of aromatic nitrogens is 3. The summed E-state index contributed by atoms with van der Waals surface area (Å²) in [6.45, 7) is 1.35. The van der Waals surface area contributed by atoms with E-state index in [0.717, 1.165) is 29.6 Å². The molecule has 0 bridgehead atoms. The second-order valence-corrected chi connectivity index (χ2v) is 8.08. The van der Waals surface area contributed by atoms with E-state index in [1.54, 1.807) is 11.6 Å². The van der Waals surface area contributed by atoms with Crippen LogP contribution >= 0.6 is 11.8 Å². The Morgan fingerprint density at radius 1 is 1.19 bits per heavy atom. The number of para-hydroxylation sites is 1. The maximum absolute atomic E-state index is 13.0. The zero-order valence-corrected chi connectivity index (χ0v) is 16.9. The van der Waals surface area contributed by atoms with E-state index in [9.17, 15) is 22.8 Å². The van der Waals surface area contributed by atoms with Crippen LogP contribution in [0.15, 0.2) is 60.0 Å². The van der Waals surface area contributed by atoms with Gasteiger partial charge in [-0.05, 0) is 37.3 Å². The molecule has 4 rings (SSSR count). The SMILES string of the molecule is CC(Sc1ncn(-c2ccccc2)n1)C(=O)N1CC(=O)Nc2cc(C(F)(F)F)ccc21. The predicted molar refractivity (Wildman–Crippen MR) is 109 cm³/mol. The minimum atomic E-state index is -4.56. The smallest absolute Gasteiger partial charge is 0.323 e. The molecule has 0 aliphatic carbocycles. The summed E-state index contributed by atoms with van der Waals surface area (Å²) in [5.74, 6) is -0.999. The Morgan fingerprint density at radius 2 is 1.94 bits per heavy atom. The second-order valence-electron chi connectivity index (χ2n) is 6.77. The van der Waals surface area contributed by atoms with Crippen molar-refractivity contribution in [2.45, 2.75) is 23.5 Å². The van der Waals surface area contributed by atoms with Gasteiger partial charge in [-0.2, -0.15) is 13.2 Å². The van der Waals surface area contributed by atoms with Crippen LogP contribution in [0.4, 0.5) is 24.5 Å². The molecular weight excluding hydrogens is 431 g/mol. The molecule has 1 aromatic heterocycles. The van der Waals surface area contributed by atoms with Crippen molar-refractivity contribution in [3.8, 4) is 5.69 Å². The van der Waals surface area contributed by atoms with Gasteiger partial charge in [-0.1, -0.05) is 30.0 Å². The fraction of sp³-hybridized carbons (Fsp3) is 0.200. The Balaban J connectivity index is 1.53. The minimum absolute atomic E-state index is 0.0527. The molecule has 0 saturated heterocycles. The van der Waals surface area contributed by atoms with E-state index in [1.165, 1.54) is 17.3 Å². The molecule has 0 spiro atoms. The third-order valence-electron chi connectivity index (χ3n) is 4.58. The normalized spacial score (nSPS) is 14.7. The van der Waals surface area contributed by atoms with Gasteiger partial charge < -0.3 is 5.32 Å². The number of alkyl halides is 3. The number of carbonyl (C=O) groups is 2. The molecule has 2 aromatic carbocycles. The van der Waals surface area contributed by atoms with Crippen LogP contribution in [0, 0.1) is 0 Å². The number of thioether (sulfide) groups is 1. The standard InChI is InChI=1S/C20H16F3N5O2S/c1-12(31-19-24-11-28(26-19)14-5-3-2-4-6-14)18(30)27-10-17(29)25-15-9-13(20(21,22)23)7-8-16(15)27/h2-9,11-12H,10H2,1H3,(H,25,29). The van der Waals surface area contributed by atoms with Gasteiger partial charge in [0, 0.05) is 0 Å². The topological polar surface area (TPSA) is 80.1 Å². The van der Waals surface area contributed by atoms with Gasteiger partial charge in [-0.25, -0.2) is 9.67 Å². The third-order valence-corrected chi connectivity index (χ3v) is 5.53. The van der Waals surface area contributed by atoms with Crippen LogP contribution in [0.2, 0.25) is 0 Å². The lowest BCUT2D eigenvalue weighted by Gasteiger charge is -2.31. The number of nitrogens with one attached hydrogen (secondary N) is 1. The molecule has 0 saturated carbocycles. The number of hydrogen-bond donors (Lipinski definition) is 1. The summed E-state index contributed by atoms with van der Waals surface area (Å²) in [6, 6.07) is 12.2. The highest BCUT2D eigenvalue weighted by molar-refractivity contribution is 8.00. The molecule has 1 N–H and O–H groups in total. The Bertz CT molecular complexity index is 1130. The molecule has 1 atom stereocenters. The van der Waals surface area contributed by atoms with Crippen molar-refractivity contribution in [1.82, 2.24) is 14.8 Å². The van der Waals surface area contributed by atoms with Crippen molar-refractivity contribution >= 4 is 35.0 Å². The van der Waals surface area contributed by atoms with Gasteiger partial charge in [-0.3, -0.25) is 14.5 Å². The number of fused-ring (bicyclic) bond motifs is 1. The Kier molecular flexibility index (Phi) is 5.44. The molecule has 1 unspecified atom stereocenters. The van der Waals surface area contributed by atoms with E-state index in [2.05, 4.69) is 15.4 Å². The van der Waals surface area contributed by atoms with E-state index in [4.69, 9.17) is 0 Å². The van der Waals surface area contributed by atoms with Gasteiger partial charge in [0.15, 0.2) is 0 Å². The number of hydrogen-bond acceptors (Lipinski definition) is 5. The van der Waals surface area contributed by atoms with Gasteiger partial charge in [0.05, 0.1) is 27.9 Å². The molecule has 7 nitrogen and oxygen atoms in total. The van der Waals surface area contributed by atoms with E-state index in [1.807, 2.05) is 30.3 Å². The number of anilines is 2. The first kappa shape index (κ1) is 20.9. The van der Waals surface area contributed by atoms with Crippen LogP contribution in [0.25, 0.3) is 5.69 Å². The van der Waals surface area contributed by atoms with Crippen molar-refractivity contribution in [1.29, 1.82) is 0 Å². The maximum atomic E-state index is 13.0. The number of rotatable bonds is 4.